The zero-order valence-corrected chi connectivity index (χ0v) is 10.5. The Morgan fingerprint density at radius 3 is 2.53 bits per heavy atom. The van der Waals surface area contributed by atoms with Crippen LogP contribution in [0.15, 0.2) is 12.3 Å². The zero-order valence-electron chi connectivity index (χ0n) is 7.99. The topological polar surface area (TPSA) is 36.7 Å². The van der Waals surface area contributed by atoms with Crippen LogP contribution in [-0.4, -0.2) is 9.18 Å². The minimum absolute atomic E-state index is 0.00154. The van der Waals surface area contributed by atoms with E-state index < -0.39 is 17.7 Å². The van der Waals surface area contributed by atoms with E-state index in [9.17, 15) is 13.2 Å². The lowest BCUT2D eigenvalue weighted by atomic mass is 10.1. The largest absolute Gasteiger partial charge is 0.417 e. The summed E-state index contributed by atoms with van der Waals surface area (Å²) in [5, 5.41) is 8.53. The van der Waals surface area contributed by atoms with Crippen LogP contribution in [0.2, 0.25) is 5.02 Å². The van der Waals surface area contributed by atoms with Crippen molar-refractivity contribution in [2.24, 2.45) is 0 Å². The molecule has 1 heterocycles. The Kier molecular flexibility index (Phi) is 4.36. The molecule has 0 amide bonds. The number of hydrogen-bond acceptors (Lipinski definition) is 3. The van der Waals surface area contributed by atoms with Crippen LogP contribution in [-0.2, 0) is 6.18 Å². The highest BCUT2D eigenvalue weighted by atomic mass is 35.5. The monoisotopic (exact) mass is 296 g/mol. The van der Waals surface area contributed by atoms with Crippen molar-refractivity contribution >= 4 is 40.6 Å². The van der Waals surface area contributed by atoms with E-state index >= 15 is 0 Å². The molecule has 1 aromatic rings. The molecule has 0 fully saturated rings. The van der Waals surface area contributed by atoms with Gasteiger partial charge in [-0.3, -0.25) is 4.98 Å². The molecule has 0 aliphatic rings. The Morgan fingerprint density at radius 2 is 2.18 bits per heavy atom. The molecule has 8 heteroatoms. The van der Waals surface area contributed by atoms with Crippen molar-refractivity contribution in [3.8, 4) is 6.07 Å². The number of halogens is 4. The molecule has 1 unspecified atom stereocenters. The van der Waals surface area contributed by atoms with Crippen LogP contribution in [0.3, 0.4) is 0 Å². The summed E-state index contributed by atoms with van der Waals surface area (Å²) < 4.78 is 37.0. The number of hydrogen-bond donors (Lipinski definition) is 1. The average molecular weight is 297 g/mol. The Balaban J connectivity index is 3.24. The summed E-state index contributed by atoms with van der Waals surface area (Å²) in [6.45, 7) is 0. The normalized spacial score (nSPS) is 12.9. The van der Waals surface area contributed by atoms with Gasteiger partial charge in [0.25, 0.3) is 0 Å². The molecule has 90 valence electrons. The second-order valence-electron chi connectivity index (χ2n) is 2.99. The van der Waals surface area contributed by atoms with E-state index in [-0.39, 0.29) is 14.9 Å². The standard InChI is InChI=1S/C9H4ClF3N2S2/c10-6-1-4(9(11,12)13)3-15-7(6)5(2-14)8(16)17/h1,3,5H,(H,16,17). The van der Waals surface area contributed by atoms with Crippen LogP contribution in [0, 0.1) is 11.3 Å². The predicted octanol–water partition coefficient (Wildman–Crippen LogP) is 3.62. The molecule has 0 saturated carbocycles. The summed E-state index contributed by atoms with van der Waals surface area (Å²) in [6.07, 6.45) is -3.92. The number of thiol groups is 1. The van der Waals surface area contributed by atoms with Gasteiger partial charge in [-0.05, 0) is 6.07 Å². The molecule has 0 aliphatic heterocycles. The van der Waals surface area contributed by atoms with E-state index in [0.717, 1.165) is 0 Å². The molecule has 17 heavy (non-hydrogen) atoms. The fourth-order valence-electron chi connectivity index (χ4n) is 1.05. The third kappa shape index (κ3) is 3.31. The van der Waals surface area contributed by atoms with Crippen molar-refractivity contribution in [2.75, 3.05) is 0 Å². The molecular weight excluding hydrogens is 293 g/mol. The highest BCUT2D eigenvalue weighted by Crippen LogP contribution is 2.33. The average Bonchev–Trinajstić information content (AvgIpc) is 2.19. The molecule has 1 aromatic heterocycles. The van der Waals surface area contributed by atoms with E-state index in [1.54, 1.807) is 6.07 Å². The lowest BCUT2D eigenvalue weighted by Gasteiger charge is -2.11. The molecule has 0 aliphatic carbocycles. The van der Waals surface area contributed by atoms with Gasteiger partial charge >= 0.3 is 6.18 Å². The number of thiocarbonyl (C=S) groups is 1. The number of nitriles is 1. The van der Waals surface area contributed by atoms with Crippen LogP contribution in [0.25, 0.3) is 0 Å². The Bertz CT molecular complexity index is 496. The van der Waals surface area contributed by atoms with Crippen molar-refractivity contribution in [3.05, 3.63) is 28.5 Å². The van der Waals surface area contributed by atoms with Crippen LogP contribution in [0.5, 0.6) is 0 Å². The number of nitrogens with zero attached hydrogens (tertiary/aromatic N) is 2. The van der Waals surface area contributed by atoms with Crippen molar-refractivity contribution in [2.45, 2.75) is 12.1 Å². The Morgan fingerprint density at radius 1 is 1.59 bits per heavy atom. The van der Waals surface area contributed by atoms with Gasteiger partial charge in [-0.2, -0.15) is 18.4 Å². The first-order valence-electron chi connectivity index (χ1n) is 4.12. The highest BCUT2D eigenvalue weighted by Gasteiger charge is 2.32. The van der Waals surface area contributed by atoms with Crippen LogP contribution in [0.4, 0.5) is 13.2 Å². The SMILES string of the molecule is N#CC(C(=S)S)c1ncc(C(F)(F)F)cc1Cl. The number of alkyl halides is 3. The van der Waals surface area contributed by atoms with Crippen LogP contribution in [0.1, 0.15) is 17.2 Å². The first kappa shape index (κ1) is 14.2. The zero-order chi connectivity index (χ0) is 13.2. The summed E-state index contributed by atoms with van der Waals surface area (Å²) in [5.74, 6) is -1.01. The van der Waals surface area contributed by atoms with Gasteiger partial charge in [-0.15, -0.1) is 12.6 Å². The molecule has 0 aromatic carbocycles. The molecule has 1 rings (SSSR count). The second-order valence-corrected chi connectivity index (χ2v) is 4.62. The fraction of sp³-hybridized carbons (Fsp3) is 0.222. The van der Waals surface area contributed by atoms with Crippen LogP contribution >= 0.6 is 36.4 Å². The Hall–Kier alpha value is -0.840. The predicted molar refractivity (Wildman–Crippen MR) is 64.2 cm³/mol. The molecule has 1 atom stereocenters. The summed E-state index contributed by atoms with van der Waals surface area (Å²) in [6, 6.07) is 2.48. The van der Waals surface area contributed by atoms with Gasteiger partial charge in [0.2, 0.25) is 0 Å². The smallest absolute Gasteiger partial charge is 0.257 e. The van der Waals surface area contributed by atoms with Crippen molar-refractivity contribution < 1.29 is 13.2 Å². The lowest BCUT2D eigenvalue weighted by Crippen LogP contribution is -2.10. The molecule has 0 bridgehead atoms. The van der Waals surface area contributed by atoms with E-state index in [0.29, 0.717) is 12.3 Å². The van der Waals surface area contributed by atoms with E-state index in [4.69, 9.17) is 16.9 Å². The lowest BCUT2D eigenvalue weighted by molar-refractivity contribution is -0.137. The summed E-state index contributed by atoms with van der Waals surface area (Å²) in [4.78, 5) is 3.53. The minimum atomic E-state index is -4.53. The fourth-order valence-corrected chi connectivity index (χ4v) is 1.67. The van der Waals surface area contributed by atoms with Crippen molar-refractivity contribution in [3.63, 3.8) is 0 Å². The summed E-state index contributed by atoms with van der Waals surface area (Å²) >= 11 is 14.1. The first-order valence-corrected chi connectivity index (χ1v) is 5.35. The van der Waals surface area contributed by atoms with E-state index in [2.05, 4.69) is 29.8 Å². The molecular formula is C9H4ClF3N2S2. The van der Waals surface area contributed by atoms with Crippen molar-refractivity contribution in [1.29, 1.82) is 5.26 Å². The van der Waals surface area contributed by atoms with Gasteiger partial charge in [0.1, 0.15) is 5.92 Å². The van der Waals surface area contributed by atoms with Gasteiger partial charge in [0.15, 0.2) is 0 Å². The number of aromatic nitrogens is 1. The van der Waals surface area contributed by atoms with Gasteiger partial charge in [0, 0.05) is 6.20 Å². The van der Waals surface area contributed by atoms with E-state index in [1.807, 2.05) is 0 Å². The molecule has 0 saturated heterocycles. The highest BCUT2D eigenvalue weighted by molar-refractivity contribution is 8.11. The maximum Gasteiger partial charge on any atom is 0.417 e. The number of rotatable bonds is 2. The third-order valence-corrected chi connectivity index (χ3v) is 2.64. The van der Waals surface area contributed by atoms with Gasteiger partial charge in [0.05, 0.1) is 26.5 Å². The summed E-state index contributed by atoms with van der Waals surface area (Å²) in [7, 11) is 0. The second kappa shape index (κ2) is 5.21. The maximum atomic E-state index is 12.3. The quantitative estimate of drug-likeness (QED) is 0.669. The van der Waals surface area contributed by atoms with Gasteiger partial charge in [-0.1, -0.05) is 23.8 Å². The number of pyridine rings is 1. The van der Waals surface area contributed by atoms with Crippen molar-refractivity contribution in [1.82, 2.24) is 4.98 Å². The summed E-state index contributed by atoms with van der Waals surface area (Å²) in [5.41, 5.74) is -1.00. The minimum Gasteiger partial charge on any atom is -0.257 e. The first-order chi connectivity index (χ1) is 7.77. The molecule has 0 spiro atoms. The molecule has 0 radical (unpaired) electrons. The maximum absolute atomic E-state index is 12.3. The molecule has 2 nitrogen and oxygen atoms in total. The van der Waals surface area contributed by atoms with Gasteiger partial charge in [-0.25, -0.2) is 0 Å². The molecule has 0 N–H and O–H groups in total. The van der Waals surface area contributed by atoms with Gasteiger partial charge < -0.3 is 0 Å². The Labute approximate surface area is 111 Å². The third-order valence-electron chi connectivity index (χ3n) is 1.85. The van der Waals surface area contributed by atoms with E-state index in [1.165, 1.54) is 0 Å². The van der Waals surface area contributed by atoms with Crippen LogP contribution < -0.4 is 0 Å².